The SMILES string of the molecule is COc1ccc(C(=O)C2=Cc3ccccc3C2)cc1. The van der Waals surface area contributed by atoms with Gasteiger partial charge in [-0.15, -0.1) is 0 Å². The lowest BCUT2D eigenvalue weighted by Gasteiger charge is -2.03. The Balaban J connectivity index is 1.86. The van der Waals surface area contributed by atoms with Crippen LogP contribution < -0.4 is 4.74 Å². The van der Waals surface area contributed by atoms with Crippen molar-refractivity contribution in [3.8, 4) is 5.75 Å². The van der Waals surface area contributed by atoms with Gasteiger partial charge >= 0.3 is 0 Å². The number of carbonyl (C=O) groups excluding carboxylic acids is 1. The standard InChI is InChI=1S/C17H14O2/c1-19-16-8-6-12(7-9-16)17(18)15-10-13-4-2-3-5-14(13)11-15/h2-10H,11H2,1H3. The maximum Gasteiger partial charge on any atom is 0.189 e. The number of carbonyl (C=O) groups is 1. The molecule has 0 saturated carbocycles. The van der Waals surface area contributed by atoms with Crippen LogP contribution in [0.3, 0.4) is 0 Å². The molecule has 2 aromatic carbocycles. The summed E-state index contributed by atoms with van der Waals surface area (Å²) in [5.41, 5.74) is 3.94. The fourth-order valence-corrected chi connectivity index (χ4v) is 2.35. The quantitative estimate of drug-likeness (QED) is 0.779. The monoisotopic (exact) mass is 250 g/mol. The second-order valence-electron chi connectivity index (χ2n) is 4.60. The molecule has 0 spiro atoms. The van der Waals surface area contributed by atoms with Gasteiger partial charge in [-0.05, 0) is 41.5 Å². The third kappa shape index (κ3) is 2.17. The average molecular weight is 250 g/mol. The van der Waals surface area contributed by atoms with Crippen molar-refractivity contribution in [2.75, 3.05) is 7.11 Å². The van der Waals surface area contributed by atoms with Crippen molar-refractivity contribution in [1.29, 1.82) is 0 Å². The van der Waals surface area contributed by atoms with Crippen LogP contribution in [-0.4, -0.2) is 12.9 Å². The van der Waals surface area contributed by atoms with E-state index in [1.807, 2.05) is 48.5 Å². The van der Waals surface area contributed by atoms with Gasteiger partial charge in [0.2, 0.25) is 0 Å². The fraction of sp³-hybridized carbons (Fsp3) is 0.118. The van der Waals surface area contributed by atoms with Gasteiger partial charge in [0.25, 0.3) is 0 Å². The summed E-state index contributed by atoms with van der Waals surface area (Å²) < 4.78 is 5.10. The number of ketones is 1. The summed E-state index contributed by atoms with van der Waals surface area (Å²) in [5, 5.41) is 0. The summed E-state index contributed by atoms with van der Waals surface area (Å²) in [7, 11) is 1.62. The number of benzene rings is 2. The zero-order chi connectivity index (χ0) is 13.2. The summed E-state index contributed by atoms with van der Waals surface area (Å²) in [6.45, 7) is 0. The molecule has 1 aliphatic rings. The molecule has 2 aromatic rings. The molecule has 0 heterocycles. The lowest BCUT2D eigenvalue weighted by atomic mass is 10.0. The smallest absolute Gasteiger partial charge is 0.189 e. The minimum Gasteiger partial charge on any atom is -0.497 e. The van der Waals surface area contributed by atoms with Crippen LogP contribution in [0.15, 0.2) is 54.1 Å². The lowest BCUT2D eigenvalue weighted by molar-refractivity contribution is 0.103. The van der Waals surface area contributed by atoms with Gasteiger partial charge in [-0.2, -0.15) is 0 Å². The maximum atomic E-state index is 12.4. The first kappa shape index (κ1) is 11.7. The molecule has 3 rings (SSSR count). The van der Waals surface area contributed by atoms with Crippen LogP contribution in [0.5, 0.6) is 5.75 Å². The fourth-order valence-electron chi connectivity index (χ4n) is 2.35. The van der Waals surface area contributed by atoms with Crippen LogP contribution in [0.4, 0.5) is 0 Å². The molecule has 0 N–H and O–H groups in total. The van der Waals surface area contributed by atoms with E-state index in [2.05, 4.69) is 6.07 Å². The summed E-state index contributed by atoms with van der Waals surface area (Å²) >= 11 is 0. The minimum absolute atomic E-state index is 0.0962. The van der Waals surface area contributed by atoms with E-state index < -0.39 is 0 Å². The predicted octanol–water partition coefficient (Wildman–Crippen LogP) is 3.52. The van der Waals surface area contributed by atoms with Crippen molar-refractivity contribution >= 4 is 11.9 Å². The molecule has 0 aromatic heterocycles. The molecule has 19 heavy (non-hydrogen) atoms. The van der Waals surface area contributed by atoms with Crippen LogP contribution in [0.25, 0.3) is 6.08 Å². The minimum atomic E-state index is 0.0962. The summed E-state index contributed by atoms with van der Waals surface area (Å²) in [4.78, 5) is 12.4. The molecule has 94 valence electrons. The van der Waals surface area contributed by atoms with E-state index >= 15 is 0 Å². The number of methoxy groups -OCH3 is 1. The van der Waals surface area contributed by atoms with Crippen LogP contribution in [0, 0.1) is 0 Å². The number of hydrogen-bond donors (Lipinski definition) is 0. The summed E-state index contributed by atoms with van der Waals surface area (Å²) in [6.07, 6.45) is 2.71. The molecule has 1 aliphatic carbocycles. The van der Waals surface area contributed by atoms with Crippen molar-refractivity contribution < 1.29 is 9.53 Å². The Morgan fingerprint density at radius 3 is 2.47 bits per heavy atom. The van der Waals surface area contributed by atoms with Crippen LogP contribution in [-0.2, 0) is 6.42 Å². The average Bonchev–Trinajstić information content (AvgIpc) is 2.90. The number of allylic oxidation sites excluding steroid dienone is 1. The van der Waals surface area contributed by atoms with E-state index in [1.54, 1.807) is 7.11 Å². The molecule has 0 unspecified atom stereocenters. The second kappa shape index (κ2) is 4.73. The van der Waals surface area contributed by atoms with Gasteiger partial charge in [0.1, 0.15) is 5.75 Å². The third-order valence-electron chi connectivity index (χ3n) is 3.41. The number of fused-ring (bicyclic) bond motifs is 1. The van der Waals surface area contributed by atoms with Crippen LogP contribution in [0.2, 0.25) is 0 Å². The molecule has 0 radical (unpaired) electrons. The molecule has 0 atom stereocenters. The van der Waals surface area contributed by atoms with Crippen molar-refractivity contribution in [2.24, 2.45) is 0 Å². The lowest BCUT2D eigenvalue weighted by Crippen LogP contribution is -2.03. The molecule has 0 bridgehead atoms. The topological polar surface area (TPSA) is 26.3 Å². The van der Waals surface area contributed by atoms with E-state index in [9.17, 15) is 4.79 Å². The molecular formula is C17H14O2. The van der Waals surface area contributed by atoms with Crippen molar-refractivity contribution in [3.63, 3.8) is 0 Å². The molecular weight excluding hydrogens is 236 g/mol. The Morgan fingerprint density at radius 2 is 1.79 bits per heavy atom. The van der Waals surface area contributed by atoms with E-state index in [4.69, 9.17) is 4.74 Å². The Kier molecular flexibility index (Phi) is 2.92. The Labute approximate surface area is 112 Å². The largest absolute Gasteiger partial charge is 0.497 e. The Hall–Kier alpha value is -2.35. The van der Waals surface area contributed by atoms with E-state index in [0.717, 1.165) is 23.3 Å². The molecule has 2 heteroatoms. The first-order valence-electron chi connectivity index (χ1n) is 6.25. The zero-order valence-electron chi connectivity index (χ0n) is 10.7. The van der Waals surface area contributed by atoms with E-state index in [0.29, 0.717) is 5.56 Å². The van der Waals surface area contributed by atoms with E-state index in [1.165, 1.54) is 5.56 Å². The van der Waals surface area contributed by atoms with Crippen molar-refractivity contribution in [1.82, 2.24) is 0 Å². The first-order valence-corrected chi connectivity index (χ1v) is 6.25. The normalized spacial score (nSPS) is 12.8. The van der Waals surface area contributed by atoms with Gasteiger partial charge in [-0.25, -0.2) is 0 Å². The van der Waals surface area contributed by atoms with Crippen LogP contribution >= 0.6 is 0 Å². The van der Waals surface area contributed by atoms with Gasteiger partial charge in [0.05, 0.1) is 7.11 Å². The zero-order valence-corrected chi connectivity index (χ0v) is 10.7. The number of rotatable bonds is 3. The molecule has 0 aliphatic heterocycles. The van der Waals surface area contributed by atoms with Crippen LogP contribution in [0.1, 0.15) is 21.5 Å². The molecule has 0 fully saturated rings. The van der Waals surface area contributed by atoms with Gasteiger partial charge < -0.3 is 4.74 Å². The van der Waals surface area contributed by atoms with Gasteiger partial charge in [-0.3, -0.25) is 4.79 Å². The van der Waals surface area contributed by atoms with Crippen molar-refractivity contribution in [3.05, 3.63) is 70.8 Å². The highest BCUT2D eigenvalue weighted by Crippen LogP contribution is 2.27. The highest BCUT2D eigenvalue weighted by Gasteiger charge is 2.19. The Bertz CT molecular complexity index is 651. The van der Waals surface area contributed by atoms with Gasteiger partial charge in [-0.1, -0.05) is 24.3 Å². The van der Waals surface area contributed by atoms with Gasteiger partial charge in [0, 0.05) is 17.6 Å². The second-order valence-corrected chi connectivity index (χ2v) is 4.60. The summed E-state index contributed by atoms with van der Waals surface area (Å²) in [6, 6.07) is 15.4. The third-order valence-corrected chi connectivity index (χ3v) is 3.41. The number of ether oxygens (including phenoxy) is 1. The number of hydrogen-bond acceptors (Lipinski definition) is 2. The molecule has 0 saturated heterocycles. The summed E-state index contributed by atoms with van der Waals surface area (Å²) in [5.74, 6) is 0.860. The first-order chi connectivity index (χ1) is 9.28. The Morgan fingerprint density at radius 1 is 1.05 bits per heavy atom. The van der Waals surface area contributed by atoms with E-state index in [-0.39, 0.29) is 5.78 Å². The highest BCUT2D eigenvalue weighted by molar-refractivity contribution is 6.12. The molecule has 0 amide bonds. The predicted molar refractivity (Wildman–Crippen MR) is 75.4 cm³/mol. The van der Waals surface area contributed by atoms with Gasteiger partial charge in [0.15, 0.2) is 5.78 Å². The number of Topliss-reactive ketones (excluding diaryl/α,β-unsaturated/α-hetero) is 1. The van der Waals surface area contributed by atoms with Crippen molar-refractivity contribution in [2.45, 2.75) is 6.42 Å². The highest BCUT2D eigenvalue weighted by atomic mass is 16.5. The maximum absolute atomic E-state index is 12.4. The molecule has 2 nitrogen and oxygen atoms in total.